The number of rotatable bonds is 9. The fourth-order valence-corrected chi connectivity index (χ4v) is 6.13. The van der Waals surface area contributed by atoms with Crippen LogP contribution in [0.15, 0.2) is 36.0 Å². The SMILES string of the molecule is C=CC(CCCCC)C1=C(C(=O)C2C3C(C)C[C@@H](C(=O)O)C[C@@]3(O)C=C[C@H]2C)C(=O)NC1=O. The molecular weight excluding hydrogens is 422 g/mol. The van der Waals surface area contributed by atoms with E-state index in [2.05, 4.69) is 18.8 Å². The molecular formula is C26H35NO6. The minimum atomic E-state index is -1.45. The van der Waals surface area contributed by atoms with E-state index in [1.165, 1.54) is 0 Å². The molecule has 1 fully saturated rings. The molecule has 2 amide bonds. The maximum atomic E-state index is 13.9. The Labute approximate surface area is 195 Å². The van der Waals surface area contributed by atoms with Gasteiger partial charge in [0.15, 0.2) is 5.78 Å². The number of imide groups is 1. The minimum Gasteiger partial charge on any atom is -0.481 e. The van der Waals surface area contributed by atoms with Crippen molar-refractivity contribution in [3.8, 4) is 0 Å². The lowest BCUT2D eigenvalue weighted by Gasteiger charge is -2.51. The average Bonchev–Trinajstić information content (AvgIpc) is 3.05. The van der Waals surface area contributed by atoms with E-state index in [1.54, 1.807) is 18.2 Å². The highest BCUT2D eigenvalue weighted by atomic mass is 16.4. The Bertz CT molecular complexity index is 918. The van der Waals surface area contributed by atoms with Gasteiger partial charge in [0.05, 0.1) is 17.1 Å². The number of carboxylic acid groups (broad SMARTS) is 1. The molecule has 7 heteroatoms. The van der Waals surface area contributed by atoms with Gasteiger partial charge in [-0.1, -0.05) is 58.3 Å². The minimum absolute atomic E-state index is 0.0215. The van der Waals surface area contributed by atoms with Gasteiger partial charge in [0, 0.05) is 23.3 Å². The third kappa shape index (κ3) is 4.60. The molecule has 1 heterocycles. The fraction of sp³-hybridized carbons (Fsp3) is 0.615. The largest absolute Gasteiger partial charge is 0.481 e. The molecule has 7 nitrogen and oxygen atoms in total. The van der Waals surface area contributed by atoms with Gasteiger partial charge in [-0.2, -0.15) is 0 Å². The zero-order valence-electron chi connectivity index (χ0n) is 19.7. The summed E-state index contributed by atoms with van der Waals surface area (Å²) in [6, 6.07) is 0. The van der Waals surface area contributed by atoms with Gasteiger partial charge in [0.1, 0.15) is 0 Å². The Hall–Kier alpha value is -2.54. The number of unbranched alkanes of at least 4 members (excludes halogenated alkanes) is 2. The van der Waals surface area contributed by atoms with Crippen molar-refractivity contribution in [2.75, 3.05) is 0 Å². The van der Waals surface area contributed by atoms with Crippen LogP contribution in [0, 0.1) is 35.5 Å². The summed E-state index contributed by atoms with van der Waals surface area (Å²) in [6.07, 6.45) is 8.79. The van der Waals surface area contributed by atoms with Gasteiger partial charge in [-0.25, -0.2) is 0 Å². The lowest BCUT2D eigenvalue weighted by Crippen LogP contribution is -2.55. The number of carbonyl (C=O) groups is 4. The number of carboxylic acids is 1. The number of ketones is 1. The normalized spacial score (nSPS) is 34.6. The molecule has 0 aromatic rings. The number of hydrogen-bond acceptors (Lipinski definition) is 5. The Morgan fingerprint density at radius 3 is 2.58 bits per heavy atom. The first-order valence-corrected chi connectivity index (χ1v) is 12.0. The molecule has 7 atom stereocenters. The first-order chi connectivity index (χ1) is 15.6. The van der Waals surface area contributed by atoms with Crippen LogP contribution in [0.1, 0.15) is 59.3 Å². The molecule has 3 rings (SSSR count). The molecule has 0 bridgehead atoms. The maximum absolute atomic E-state index is 13.9. The van der Waals surface area contributed by atoms with Crippen LogP contribution in [0.4, 0.5) is 0 Å². The second kappa shape index (κ2) is 9.75. The summed E-state index contributed by atoms with van der Waals surface area (Å²) < 4.78 is 0. The van der Waals surface area contributed by atoms with Gasteiger partial charge >= 0.3 is 5.97 Å². The van der Waals surface area contributed by atoms with E-state index >= 15 is 0 Å². The van der Waals surface area contributed by atoms with Crippen LogP contribution in [0.5, 0.6) is 0 Å². The lowest BCUT2D eigenvalue weighted by atomic mass is 9.55. The zero-order valence-corrected chi connectivity index (χ0v) is 19.7. The standard InChI is InChI=1S/C26H35NO6/c1-5-7-8-9-16(6-2)19-20(24(30)27-23(19)29)22(28)18-14(3)10-11-26(33)13-17(25(31)32)12-15(4)21(18)26/h6,10-11,14-18,21,33H,2,5,7-9,12-13H2,1,3-4H3,(H,31,32)(H,27,29,30)/t14-,15?,16?,17-,18?,21?,26+/m1/s1. The van der Waals surface area contributed by atoms with Crippen LogP contribution in [-0.4, -0.2) is 39.4 Å². The summed E-state index contributed by atoms with van der Waals surface area (Å²) in [6.45, 7) is 9.61. The molecule has 33 heavy (non-hydrogen) atoms. The first-order valence-electron chi connectivity index (χ1n) is 12.0. The van der Waals surface area contributed by atoms with Crippen molar-refractivity contribution in [3.63, 3.8) is 0 Å². The van der Waals surface area contributed by atoms with Crippen molar-refractivity contribution in [1.82, 2.24) is 5.32 Å². The molecule has 0 radical (unpaired) electrons. The number of aliphatic hydroxyl groups is 1. The fourth-order valence-electron chi connectivity index (χ4n) is 6.13. The van der Waals surface area contributed by atoms with Crippen molar-refractivity contribution in [3.05, 3.63) is 36.0 Å². The van der Waals surface area contributed by atoms with Crippen molar-refractivity contribution in [2.45, 2.75) is 64.9 Å². The van der Waals surface area contributed by atoms with Crippen molar-refractivity contribution >= 4 is 23.6 Å². The Morgan fingerprint density at radius 2 is 1.97 bits per heavy atom. The Balaban J connectivity index is 2.02. The van der Waals surface area contributed by atoms with E-state index in [-0.39, 0.29) is 29.4 Å². The molecule has 0 saturated heterocycles. The number of carbonyl (C=O) groups excluding carboxylic acids is 3. The third-order valence-electron chi connectivity index (χ3n) is 7.70. The number of aliphatic carboxylic acids is 1. The molecule has 0 spiro atoms. The van der Waals surface area contributed by atoms with E-state index in [1.807, 2.05) is 13.8 Å². The van der Waals surface area contributed by atoms with Gasteiger partial charge in [0.2, 0.25) is 0 Å². The summed E-state index contributed by atoms with van der Waals surface area (Å²) >= 11 is 0. The number of allylic oxidation sites excluding steroid dienone is 2. The van der Waals surface area contributed by atoms with Gasteiger partial charge in [-0.05, 0) is 31.1 Å². The summed E-state index contributed by atoms with van der Waals surface area (Å²) in [7, 11) is 0. The monoisotopic (exact) mass is 457 g/mol. The molecule has 1 saturated carbocycles. The van der Waals surface area contributed by atoms with Crippen LogP contribution in [0.2, 0.25) is 0 Å². The smallest absolute Gasteiger partial charge is 0.306 e. The molecule has 1 aliphatic heterocycles. The number of amides is 2. The number of fused-ring (bicyclic) bond motifs is 1. The van der Waals surface area contributed by atoms with Gasteiger partial charge < -0.3 is 10.2 Å². The van der Waals surface area contributed by atoms with Gasteiger partial charge in [-0.15, -0.1) is 6.58 Å². The third-order valence-corrected chi connectivity index (χ3v) is 7.70. The van der Waals surface area contributed by atoms with E-state index in [4.69, 9.17) is 0 Å². The summed E-state index contributed by atoms with van der Waals surface area (Å²) in [5, 5.41) is 23.3. The summed E-state index contributed by atoms with van der Waals surface area (Å²) in [5.74, 6) is -5.57. The van der Waals surface area contributed by atoms with E-state index in [9.17, 15) is 29.4 Å². The first kappa shape index (κ1) is 25.1. The molecule has 0 aromatic carbocycles. The summed E-state index contributed by atoms with van der Waals surface area (Å²) in [5.41, 5.74) is -1.40. The van der Waals surface area contributed by atoms with Gasteiger partial charge in [0.25, 0.3) is 11.8 Å². The number of hydrogen-bond donors (Lipinski definition) is 3. The highest BCUT2D eigenvalue weighted by Gasteiger charge is 2.55. The van der Waals surface area contributed by atoms with E-state index in [0.717, 1.165) is 19.3 Å². The van der Waals surface area contributed by atoms with Crippen LogP contribution in [0.3, 0.4) is 0 Å². The predicted molar refractivity (Wildman–Crippen MR) is 123 cm³/mol. The number of nitrogens with one attached hydrogen (secondary N) is 1. The van der Waals surface area contributed by atoms with Crippen molar-refractivity contribution in [2.24, 2.45) is 35.5 Å². The molecule has 3 aliphatic rings. The second-order valence-electron chi connectivity index (χ2n) is 9.99. The maximum Gasteiger partial charge on any atom is 0.306 e. The van der Waals surface area contributed by atoms with Crippen LogP contribution in [-0.2, 0) is 19.2 Å². The zero-order chi connectivity index (χ0) is 24.5. The van der Waals surface area contributed by atoms with Crippen LogP contribution in [0.25, 0.3) is 0 Å². The topological polar surface area (TPSA) is 121 Å². The van der Waals surface area contributed by atoms with Crippen molar-refractivity contribution < 1.29 is 29.4 Å². The molecule has 3 N–H and O–H groups in total. The second-order valence-corrected chi connectivity index (χ2v) is 9.99. The van der Waals surface area contributed by atoms with Gasteiger partial charge in [-0.3, -0.25) is 24.5 Å². The summed E-state index contributed by atoms with van der Waals surface area (Å²) in [4.78, 5) is 51.1. The molecule has 4 unspecified atom stereocenters. The Kier molecular flexibility index (Phi) is 7.42. The molecule has 0 aromatic heterocycles. The molecule has 2 aliphatic carbocycles. The average molecular weight is 458 g/mol. The lowest BCUT2D eigenvalue weighted by molar-refractivity contribution is -0.155. The van der Waals surface area contributed by atoms with Crippen LogP contribution >= 0.6 is 0 Å². The molecule has 180 valence electrons. The van der Waals surface area contributed by atoms with Crippen LogP contribution < -0.4 is 5.32 Å². The quantitative estimate of drug-likeness (QED) is 0.212. The van der Waals surface area contributed by atoms with Crippen molar-refractivity contribution in [1.29, 1.82) is 0 Å². The predicted octanol–water partition coefficient (Wildman–Crippen LogP) is 3.19. The highest BCUT2D eigenvalue weighted by molar-refractivity contribution is 6.33. The Morgan fingerprint density at radius 1 is 1.27 bits per heavy atom. The highest BCUT2D eigenvalue weighted by Crippen LogP contribution is 2.51. The van der Waals surface area contributed by atoms with E-state index < -0.39 is 52.8 Å². The number of Topliss-reactive ketones (excluding diaryl/α,β-unsaturated/α-hetero) is 1. The van der Waals surface area contributed by atoms with E-state index in [0.29, 0.717) is 12.8 Å².